The van der Waals surface area contributed by atoms with E-state index in [-0.39, 0.29) is 5.56 Å². The molecule has 0 bridgehead atoms. The van der Waals surface area contributed by atoms with E-state index in [9.17, 15) is 4.79 Å². The highest BCUT2D eigenvalue weighted by Crippen LogP contribution is 2.20. The van der Waals surface area contributed by atoms with Gasteiger partial charge in [0, 0.05) is 11.8 Å². The van der Waals surface area contributed by atoms with Crippen LogP contribution in [0.25, 0.3) is 11.4 Å². The molecule has 0 aliphatic carbocycles. The topological polar surface area (TPSA) is 72.3 Å². The first-order valence-corrected chi connectivity index (χ1v) is 6.39. The molecule has 1 aromatic carbocycles. The lowest BCUT2D eigenvalue weighted by molar-refractivity contribution is 0.0694. The van der Waals surface area contributed by atoms with Crippen LogP contribution in [0.5, 0.6) is 5.75 Å². The molecule has 0 unspecified atom stereocenters. The summed E-state index contributed by atoms with van der Waals surface area (Å²) in [6.07, 6.45) is 2.83. The Bertz CT molecular complexity index is 609. The van der Waals surface area contributed by atoms with Gasteiger partial charge in [-0.25, -0.2) is 14.8 Å². The Balaban J connectivity index is 2.41. The molecule has 0 saturated carbocycles. The second kappa shape index (κ2) is 6.14. The molecule has 0 aliphatic heterocycles. The van der Waals surface area contributed by atoms with Crippen LogP contribution < -0.4 is 4.74 Å². The van der Waals surface area contributed by atoms with E-state index in [2.05, 4.69) is 9.97 Å². The third-order valence-electron chi connectivity index (χ3n) is 2.93. The van der Waals surface area contributed by atoms with Crippen LogP contribution in [0.3, 0.4) is 0 Å². The number of carboxylic acid groups (broad SMARTS) is 1. The van der Waals surface area contributed by atoms with E-state index in [1.807, 2.05) is 31.2 Å². The van der Waals surface area contributed by atoms with E-state index in [1.54, 1.807) is 7.11 Å². The van der Waals surface area contributed by atoms with Gasteiger partial charge in [0.15, 0.2) is 5.82 Å². The molecular formula is C15H16N2O3. The Morgan fingerprint density at radius 1 is 1.30 bits per heavy atom. The molecule has 0 amide bonds. The summed E-state index contributed by atoms with van der Waals surface area (Å²) in [6.45, 7) is 1.99. The average Bonchev–Trinajstić information content (AvgIpc) is 2.47. The van der Waals surface area contributed by atoms with E-state index >= 15 is 0 Å². The third-order valence-corrected chi connectivity index (χ3v) is 2.93. The van der Waals surface area contributed by atoms with Crippen molar-refractivity contribution in [3.63, 3.8) is 0 Å². The van der Waals surface area contributed by atoms with Crippen LogP contribution in [-0.4, -0.2) is 28.2 Å². The minimum Gasteiger partial charge on any atom is -0.497 e. The molecule has 0 aliphatic rings. The van der Waals surface area contributed by atoms with Crippen LogP contribution in [0.1, 0.15) is 29.4 Å². The number of hydrogen-bond donors (Lipinski definition) is 1. The van der Waals surface area contributed by atoms with Crippen molar-refractivity contribution in [2.75, 3.05) is 7.11 Å². The summed E-state index contributed by atoms with van der Waals surface area (Å²) in [5.74, 6) is 0.292. The summed E-state index contributed by atoms with van der Waals surface area (Å²) in [6, 6.07) is 7.35. The summed E-state index contributed by atoms with van der Waals surface area (Å²) < 4.78 is 5.10. The Hall–Kier alpha value is -2.43. The molecule has 5 nitrogen and oxygen atoms in total. The first-order chi connectivity index (χ1) is 9.65. The smallest absolute Gasteiger partial charge is 0.339 e. The SMILES string of the molecule is CCCc1nc(-c2ccc(OC)cc2)ncc1C(=O)O. The highest BCUT2D eigenvalue weighted by Gasteiger charge is 2.13. The van der Waals surface area contributed by atoms with E-state index in [0.29, 0.717) is 17.9 Å². The zero-order valence-corrected chi connectivity index (χ0v) is 11.5. The van der Waals surface area contributed by atoms with Crippen molar-refractivity contribution in [1.82, 2.24) is 9.97 Å². The van der Waals surface area contributed by atoms with Crippen LogP contribution in [0.4, 0.5) is 0 Å². The molecule has 0 saturated heterocycles. The molecule has 20 heavy (non-hydrogen) atoms. The molecule has 104 valence electrons. The molecule has 0 atom stereocenters. The number of hydrogen-bond acceptors (Lipinski definition) is 4. The second-order valence-corrected chi connectivity index (χ2v) is 4.34. The highest BCUT2D eigenvalue weighted by molar-refractivity contribution is 5.88. The van der Waals surface area contributed by atoms with Crippen molar-refractivity contribution >= 4 is 5.97 Å². The van der Waals surface area contributed by atoms with Crippen LogP contribution in [-0.2, 0) is 6.42 Å². The summed E-state index contributed by atoms with van der Waals surface area (Å²) in [5, 5.41) is 9.13. The van der Waals surface area contributed by atoms with Crippen molar-refractivity contribution < 1.29 is 14.6 Å². The van der Waals surface area contributed by atoms with Crippen LogP contribution in [0.2, 0.25) is 0 Å². The number of methoxy groups -OCH3 is 1. The molecular weight excluding hydrogens is 256 g/mol. The number of benzene rings is 1. The third kappa shape index (κ3) is 2.93. The van der Waals surface area contributed by atoms with Gasteiger partial charge in [0.2, 0.25) is 0 Å². The molecule has 1 N–H and O–H groups in total. The van der Waals surface area contributed by atoms with Gasteiger partial charge >= 0.3 is 5.97 Å². The minimum absolute atomic E-state index is 0.170. The summed E-state index contributed by atoms with van der Waals surface area (Å²) in [4.78, 5) is 19.6. The normalized spacial score (nSPS) is 10.3. The van der Waals surface area contributed by atoms with Gasteiger partial charge < -0.3 is 9.84 Å². The molecule has 2 aromatic rings. The lowest BCUT2D eigenvalue weighted by Crippen LogP contribution is -2.07. The second-order valence-electron chi connectivity index (χ2n) is 4.34. The zero-order valence-electron chi connectivity index (χ0n) is 11.5. The van der Waals surface area contributed by atoms with Crippen molar-refractivity contribution in [3.8, 4) is 17.1 Å². The number of aromatic carboxylic acids is 1. The maximum Gasteiger partial charge on any atom is 0.339 e. The summed E-state index contributed by atoms with van der Waals surface area (Å²) >= 11 is 0. The van der Waals surface area contributed by atoms with E-state index in [4.69, 9.17) is 9.84 Å². The fourth-order valence-electron chi connectivity index (χ4n) is 1.90. The Labute approximate surface area is 117 Å². The lowest BCUT2D eigenvalue weighted by Gasteiger charge is -2.07. The monoisotopic (exact) mass is 272 g/mol. The summed E-state index contributed by atoms with van der Waals surface area (Å²) in [5.41, 5.74) is 1.57. The Morgan fingerprint density at radius 2 is 2.00 bits per heavy atom. The number of rotatable bonds is 5. The fraction of sp³-hybridized carbons (Fsp3) is 0.267. The molecule has 1 heterocycles. The highest BCUT2D eigenvalue weighted by atomic mass is 16.5. The number of carbonyl (C=O) groups is 1. The molecule has 5 heteroatoms. The van der Waals surface area contributed by atoms with Crippen molar-refractivity contribution in [2.24, 2.45) is 0 Å². The fourth-order valence-corrected chi connectivity index (χ4v) is 1.90. The standard InChI is InChI=1S/C15H16N2O3/c1-3-4-13-12(15(18)19)9-16-14(17-13)10-5-7-11(20-2)8-6-10/h5-9H,3-4H2,1-2H3,(H,18,19). The minimum atomic E-state index is -0.991. The number of aryl methyl sites for hydroxylation is 1. The number of aromatic nitrogens is 2. The number of carboxylic acids is 1. The van der Waals surface area contributed by atoms with Gasteiger partial charge in [0.05, 0.1) is 18.4 Å². The van der Waals surface area contributed by atoms with Gasteiger partial charge in [-0.1, -0.05) is 13.3 Å². The average molecular weight is 272 g/mol. The van der Waals surface area contributed by atoms with Gasteiger partial charge in [-0.15, -0.1) is 0 Å². The van der Waals surface area contributed by atoms with E-state index in [0.717, 1.165) is 17.7 Å². The van der Waals surface area contributed by atoms with Gasteiger partial charge in [-0.05, 0) is 30.7 Å². The van der Waals surface area contributed by atoms with Crippen LogP contribution >= 0.6 is 0 Å². The maximum absolute atomic E-state index is 11.1. The largest absolute Gasteiger partial charge is 0.497 e. The predicted octanol–water partition coefficient (Wildman–Crippen LogP) is 2.80. The molecule has 1 aromatic heterocycles. The Kier molecular flexibility index (Phi) is 4.30. The van der Waals surface area contributed by atoms with E-state index < -0.39 is 5.97 Å². The molecule has 0 spiro atoms. The van der Waals surface area contributed by atoms with Gasteiger partial charge in [0.1, 0.15) is 5.75 Å². The summed E-state index contributed by atoms with van der Waals surface area (Å²) in [7, 11) is 1.60. The Morgan fingerprint density at radius 3 is 2.55 bits per heavy atom. The van der Waals surface area contributed by atoms with Crippen molar-refractivity contribution in [2.45, 2.75) is 19.8 Å². The molecule has 2 rings (SSSR count). The zero-order chi connectivity index (χ0) is 14.5. The van der Waals surface area contributed by atoms with Crippen molar-refractivity contribution in [1.29, 1.82) is 0 Å². The van der Waals surface area contributed by atoms with Gasteiger partial charge in [-0.2, -0.15) is 0 Å². The number of nitrogens with zero attached hydrogens (tertiary/aromatic N) is 2. The van der Waals surface area contributed by atoms with Crippen molar-refractivity contribution in [3.05, 3.63) is 41.7 Å². The maximum atomic E-state index is 11.1. The molecule has 0 fully saturated rings. The quantitative estimate of drug-likeness (QED) is 0.906. The number of ether oxygens (including phenoxy) is 1. The van der Waals surface area contributed by atoms with Gasteiger partial charge in [-0.3, -0.25) is 0 Å². The lowest BCUT2D eigenvalue weighted by atomic mass is 10.1. The van der Waals surface area contributed by atoms with Gasteiger partial charge in [0.25, 0.3) is 0 Å². The first kappa shape index (κ1) is 14.0. The van der Waals surface area contributed by atoms with E-state index in [1.165, 1.54) is 6.20 Å². The predicted molar refractivity (Wildman–Crippen MR) is 75.0 cm³/mol. The first-order valence-electron chi connectivity index (χ1n) is 6.39. The molecule has 0 radical (unpaired) electrons. The van der Waals surface area contributed by atoms with Crippen LogP contribution in [0.15, 0.2) is 30.5 Å². The van der Waals surface area contributed by atoms with Crippen LogP contribution in [0, 0.1) is 0 Å².